The fourth-order valence-corrected chi connectivity index (χ4v) is 2.34. The molecule has 1 heterocycles. The smallest absolute Gasteiger partial charge is 0.259 e. The van der Waals surface area contributed by atoms with Crippen molar-refractivity contribution in [1.29, 1.82) is 0 Å². The third-order valence-corrected chi connectivity index (χ3v) is 3.48. The van der Waals surface area contributed by atoms with Crippen molar-refractivity contribution in [1.82, 2.24) is 9.97 Å². The van der Waals surface area contributed by atoms with Crippen molar-refractivity contribution in [2.75, 3.05) is 12.4 Å². The van der Waals surface area contributed by atoms with Crippen molar-refractivity contribution in [2.24, 2.45) is 0 Å². The van der Waals surface area contributed by atoms with Gasteiger partial charge in [-0.2, -0.15) is 0 Å². The topological polar surface area (TPSA) is 67.0 Å². The molecule has 0 unspecified atom stereocenters. The molecular weight excluding hydrogens is 278 g/mol. The van der Waals surface area contributed by atoms with Gasteiger partial charge in [0, 0.05) is 12.1 Å². The van der Waals surface area contributed by atoms with Crippen molar-refractivity contribution in [3.8, 4) is 5.75 Å². The third kappa shape index (κ3) is 2.65. The van der Waals surface area contributed by atoms with Crippen LogP contribution in [0.5, 0.6) is 5.75 Å². The zero-order chi connectivity index (χ0) is 15.5. The van der Waals surface area contributed by atoms with Gasteiger partial charge in [0.25, 0.3) is 5.91 Å². The van der Waals surface area contributed by atoms with Crippen LogP contribution in [-0.4, -0.2) is 23.0 Å². The Morgan fingerprint density at radius 1 is 1.27 bits per heavy atom. The molecule has 112 valence electrons. The Hall–Kier alpha value is -2.82. The number of aromatic nitrogens is 2. The summed E-state index contributed by atoms with van der Waals surface area (Å²) in [5.41, 5.74) is 3.03. The van der Waals surface area contributed by atoms with Gasteiger partial charge in [-0.05, 0) is 30.3 Å². The lowest BCUT2D eigenvalue weighted by atomic mass is 10.2. The average molecular weight is 295 g/mol. The van der Waals surface area contributed by atoms with Gasteiger partial charge in [-0.15, -0.1) is 0 Å². The number of nitrogens with one attached hydrogen (secondary N) is 2. The lowest BCUT2D eigenvalue weighted by Crippen LogP contribution is -2.13. The zero-order valence-electron chi connectivity index (χ0n) is 12.5. The van der Waals surface area contributed by atoms with Crippen molar-refractivity contribution in [3.63, 3.8) is 0 Å². The molecule has 3 aromatic rings. The molecule has 5 heteroatoms. The summed E-state index contributed by atoms with van der Waals surface area (Å²) in [7, 11) is 1.55. The number of rotatable bonds is 4. The van der Waals surface area contributed by atoms with Crippen LogP contribution in [0.1, 0.15) is 23.1 Å². The van der Waals surface area contributed by atoms with Crippen molar-refractivity contribution in [2.45, 2.75) is 13.3 Å². The van der Waals surface area contributed by atoms with Crippen LogP contribution in [0.3, 0.4) is 0 Å². The van der Waals surface area contributed by atoms with Crippen LogP contribution in [0, 0.1) is 0 Å². The standard InChI is InChI=1S/C17H17N3O2/c1-3-16-19-13-9-8-11(10-14(13)20-16)18-17(21)12-6-4-5-7-15(12)22-2/h4-10H,3H2,1-2H3,(H,18,21)(H,19,20). The van der Waals surface area contributed by atoms with E-state index in [9.17, 15) is 4.79 Å². The lowest BCUT2D eigenvalue weighted by molar-refractivity contribution is 0.102. The van der Waals surface area contributed by atoms with E-state index in [2.05, 4.69) is 15.3 Å². The van der Waals surface area contributed by atoms with Gasteiger partial charge in [-0.25, -0.2) is 4.98 Å². The Kier molecular flexibility index (Phi) is 3.78. The van der Waals surface area contributed by atoms with Crippen LogP contribution in [0.2, 0.25) is 0 Å². The van der Waals surface area contributed by atoms with E-state index in [1.807, 2.05) is 37.3 Å². The second-order valence-electron chi connectivity index (χ2n) is 4.92. The van der Waals surface area contributed by atoms with Crippen LogP contribution in [0.15, 0.2) is 42.5 Å². The summed E-state index contributed by atoms with van der Waals surface area (Å²) in [5, 5.41) is 2.89. The van der Waals surface area contributed by atoms with Crippen molar-refractivity contribution in [3.05, 3.63) is 53.9 Å². The minimum Gasteiger partial charge on any atom is -0.496 e. The predicted octanol–water partition coefficient (Wildman–Crippen LogP) is 3.39. The highest BCUT2D eigenvalue weighted by Crippen LogP contribution is 2.21. The van der Waals surface area contributed by atoms with Gasteiger partial charge < -0.3 is 15.0 Å². The molecule has 0 fully saturated rings. The van der Waals surface area contributed by atoms with Gasteiger partial charge in [0.15, 0.2) is 0 Å². The maximum absolute atomic E-state index is 12.4. The number of carbonyl (C=O) groups excluding carboxylic acids is 1. The average Bonchev–Trinajstić information content (AvgIpc) is 2.97. The summed E-state index contributed by atoms with van der Waals surface area (Å²) in [4.78, 5) is 20.1. The molecule has 0 saturated carbocycles. The highest BCUT2D eigenvalue weighted by atomic mass is 16.5. The molecule has 0 aliphatic rings. The number of methoxy groups -OCH3 is 1. The molecular formula is C17H17N3O2. The van der Waals surface area contributed by atoms with Gasteiger partial charge in [-0.1, -0.05) is 19.1 Å². The van der Waals surface area contributed by atoms with E-state index in [1.54, 1.807) is 19.2 Å². The molecule has 0 spiro atoms. The van der Waals surface area contributed by atoms with Gasteiger partial charge >= 0.3 is 0 Å². The molecule has 22 heavy (non-hydrogen) atoms. The number of para-hydroxylation sites is 1. The second kappa shape index (κ2) is 5.89. The normalized spacial score (nSPS) is 10.6. The lowest BCUT2D eigenvalue weighted by Gasteiger charge is -2.09. The summed E-state index contributed by atoms with van der Waals surface area (Å²) in [6.07, 6.45) is 0.845. The Morgan fingerprint density at radius 3 is 2.86 bits per heavy atom. The highest BCUT2D eigenvalue weighted by Gasteiger charge is 2.12. The largest absolute Gasteiger partial charge is 0.496 e. The number of benzene rings is 2. The number of fused-ring (bicyclic) bond motifs is 1. The molecule has 0 radical (unpaired) electrons. The molecule has 5 nitrogen and oxygen atoms in total. The number of H-pyrrole nitrogens is 1. The quantitative estimate of drug-likeness (QED) is 0.775. The summed E-state index contributed by atoms with van der Waals surface area (Å²) in [6.45, 7) is 2.04. The van der Waals surface area contributed by atoms with Gasteiger partial charge in [0.2, 0.25) is 0 Å². The molecule has 0 bridgehead atoms. The van der Waals surface area contributed by atoms with E-state index in [4.69, 9.17) is 4.74 Å². The van der Waals surface area contributed by atoms with Crippen molar-refractivity contribution >= 4 is 22.6 Å². The van der Waals surface area contributed by atoms with Crippen LogP contribution in [0.4, 0.5) is 5.69 Å². The highest BCUT2D eigenvalue weighted by molar-refractivity contribution is 6.06. The maximum atomic E-state index is 12.4. The predicted molar refractivity (Wildman–Crippen MR) is 86.4 cm³/mol. The molecule has 1 amide bonds. The Morgan fingerprint density at radius 2 is 2.09 bits per heavy atom. The minimum absolute atomic E-state index is 0.202. The van der Waals surface area contributed by atoms with Gasteiger partial charge in [0.1, 0.15) is 11.6 Å². The van der Waals surface area contributed by atoms with Crippen LogP contribution in [-0.2, 0) is 6.42 Å². The van der Waals surface area contributed by atoms with E-state index in [0.717, 1.165) is 29.0 Å². The first-order valence-electron chi connectivity index (χ1n) is 7.14. The van der Waals surface area contributed by atoms with Crippen LogP contribution < -0.4 is 10.1 Å². The number of carbonyl (C=O) groups is 1. The molecule has 0 aliphatic carbocycles. The molecule has 2 N–H and O–H groups in total. The number of imidazole rings is 1. The number of ether oxygens (including phenoxy) is 1. The SMILES string of the molecule is CCc1nc2ccc(NC(=O)c3ccccc3OC)cc2[nH]1. The molecule has 0 atom stereocenters. The number of hydrogen-bond donors (Lipinski definition) is 2. The van der Waals surface area contributed by atoms with E-state index in [-0.39, 0.29) is 5.91 Å². The summed E-state index contributed by atoms with van der Waals surface area (Å²) in [6, 6.07) is 12.8. The van der Waals surface area contributed by atoms with Gasteiger partial charge in [0.05, 0.1) is 23.7 Å². The number of anilines is 1. The van der Waals surface area contributed by atoms with Crippen LogP contribution >= 0.6 is 0 Å². The third-order valence-electron chi connectivity index (χ3n) is 3.48. The monoisotopic (exact) mass is 295 g/mol. The van der Waals surface area contributed by atoms with Crippen molar-refractivity contribution < 1.29 is 9.53 Å². The molecule has 2 aromatic carbocycles. The van der Waals surface area contributed by atoms with E-state index in [0.29, 0.717) is 11.3 Å². The first kappa shape index (κ1) is 14.1. The van der Waals surface area contributed by atoms with Gasteiger partial charge in [-0.3, -0.25) is 4.79 Å². The maximum Gasteiger partial charge on any atom is 0.259 e. The minimum atomic E-state index is -0.202. The molecule has 0 saturated heterocycles. The fourth-order valence-electron chi connectivity index (χ4n) is 2.34. The van der Waals surface area contributed by atoms with E-state index in [1.165, 1.54) is 0 Å². The Bertz CT molecular complexity index is 824. The number of amides is 1. The number of aromatic amines is 1. The first-order chi connectivity index (χ1) is 10.7. The molecule has 1 aromatic heterocycles. The Labute approximate surface area is 128 Å². The fraction of sp³-hybridized carbons (Fsp3) is 0.176. The molecule has 0 aliphatic heterocycles. The Balaban J connectivity index is 1.87. The first-order valence-corrected chi connectivity index (χ1v) is 7.14. The summed E-state index contributed by atoms with van der Waals surface area (Å²) in [5.74, 6) is 1.28. The van der Waals surface area contributed by atoms with Crippen LogP contribution in [0.25, 0.3) is 11.0 Å². The number of hydrogen-bond acceptors (Lipinski definition) is 3. The summed E-state index contributed by atoms with van der Waals surface area (Å²) < 4.78 is 5.22. The molecule has 3 rings (SSSR count). The number of nitrogens with zero attached hydrogens (tertiary/aromatic N) is 1. The van der Waals surface area contributed by atoms with E-state index < -0.39 is 0 Å². The second-order valence-corrected chi connectivity index (χ2v) is 4.92. The number of aryl methyl sites for hydroxylation is 1. The summed E-state index contributed by atoms with van der Waals surface area (Å²) >= 11 is 0. The van der Waals surface area contributed by atoms with E-state index >= 15 is 0 Å². The zero-order valence-corrected chi connectivity index (χ0v) is 12.5.